The molecule has 1 atom stereocenters. The third kappa shape index (κ3) is 2.24. The van der Waals surface area contributed by atoms with Crippen LogP contribution in [0.2, 0.25) is 0 Å². The number of anilines is 1. The zero-order valence-electron chi connectivity index (χ0n) is 9.71. The average molecular weight is 247 g/mol. The Kier molecular flexibility index (Phi) is 3.13. The van der Waals surface area contributed by atoms with Crippen molar-refractivity contribution in [2.75, 3.05) is 5.73 Å². The third-order valence-electron chi connectivity index (χ3n) is 2.50. The summed E-state index contributed by atoms with van der Waals surface area (Å²) in [6.07, 6.45) is 1.36. The zero-order valence-corrected chi connectivity index (χ0v) is 9.71. The Morgan fingerprint density at radius 3 is 3.00 bits per heavy atom. The Balaban J connectivity index is 2.15. The number of carbonyl (C=O) groups is 1. The maximum absolute atomic E-state index is 11.9. The number of aromatic amines is 1. The monoisotopic (exact) mass is 247 g/mol. The lowest BCUT2D eigenvalue weighted by Crippen LogP contribution is -2.27. The van der Waals surface area contributed by atoms with Crippen molar-refractivity contribution in [2.45, 2.75) is 13.0 Å². The van der Waals surface area contributed by atoms with Gasteiger partial charge in [0.25, 0.3) is 5.91 Å². The molecular weight excluding hydrogens is 234 g/mol. The van der Waals surface area contributed by atoms with E-state index < -0.39 is 5.91 Å². The van der Waals surface area contributed by atoms with Crippen LogP contribution in [0, 0.1) is 0 Å². The standard InChI is InChI=1S/C11H13N5O2/c1-6(10-13-5-14-16-10)15-11(18)7-3-2-4-8(12)9(7)17/h2-6,17H,12H2,1H3,(H,15,18)(H,13,14,16). The lowest BCUT2D eigenvalue weighted by atomic mass is 10.1. The number of phenols is 1. The normalized spacial score (nSPS) is 12.1. The van der Waals surface area contributed by atoms with E-state index >= 15 is 0 Å². The van der Waals surface area contributed by atoms with Gasteiger partial charge in [0, 0.05) is 0 Å². The van der Waals surface area contributed by atoms with Gasteiger partial charge in [-0.15, -0.1) is 0 Å². The predicted molar refractivity (Wildman–Crippen MR) is 64.8 cm³/mol. The first kappa shape index (κ1) is 11.9. The van der Waals surface area contributed by atoms with E-state index in [0.717, 1.165) is 0 Å². The van der Waals surface area contributed by atoms with Crippen LogP contribution in [-0.4, -0.2) is 26.2 Å². The van der Waals surface area contributed by atoms with Gasteiger partial charge in [-0.3, -0.25) is 9.89 Å². The molecule has 0 radical (unpaired) electrons. The number of carbonyl (C=O) groups excluding carboxylic acids is 1. The summed E-state index contributed by atoms with van der Waals surface area (Å²) in [7, 11) is 0. The number of aromatic hydroxyl groups is 1. The second kappa shape index (κ2) is 4.74. The van der Waals surface area contributed by atoms with Crippen LogP contribution in [0.4, 0.5) is 5.69 Å². The van der Waals surface area contributed by atoms with Gasteiger partial charge in [0.1, 0.15) is 12.2 Å². The SMILES string of the molecule is CC(NC(=O)c1cccc(N)c1O)c1ncn[nH]1. The van der Waals surface area contributed by atoms with Crippen LogP contribution in [0.25, 0.3) is 0 Å². The zero-order chi connectivity index (χ0) is 13.1. The number of aromatic nitrogens is 3. The number of H-pyrrole nitrogens is 1. The van der Waals surface area contributed by atoms with Crippen molar-refractivity contribution >= 4 is 11.6 Å². The van der Waals surface area contributed by atoms with Crippen LogP contribution in [0.15, 0.2) is 24.5 Å². The van der Waals surface area contributed by atoms with Crippen molar-refractivity contribution in [1.82, 2.24) is 20.5 Å². The van der Waals surface area contributed by atoms with Crippen LogP contribution in [0.5, 0.6) is 5.75 Å². The first-order valence-corrected chi connectivity index (χ1v) is 5.33. The Bertz CT molecular complexity index is 553. The van der Waals surface area contributed by atoms with Crippen molar-refractivity contribution in [1.29, 1.82) is 0 Å². The molecule has 0 aliphatic carbocycles. The highest BCUT2D eigenvalue weighted by atomic mass is 16.3. The van der Waals surface area contributed by atoms with Crippen LogP contribution >= 0.6 is 0 Å². The summed E-state index contributed by atoms with van der Waals surface area (Å²) in [5.41, 5.74) is 5.81. The van der Waals surface area contributed by atoms with Gasteiger partial charge < -0.3 is 16.2 Å². The van der Waals surface area contributed by atoms with E-state index in [0.29, 0.717) is 5.82 Å². The second-order valence-electron chi connectivity index (χ2n) is 3.81. The molecule has 0 saturated heterocycles. The highest BCUT2D eigenvalue weighted by Crippen LogP contribution is 2.24. The molecule has 2 rings (SSSR count). The average Bonchev–Trinajstić information content (AvgIpc) is 2.86. The van der Waals surface area contributed by atoms with Crippen LogP contribution in [-0.2, 0) is 0 Å². The molecule has 0 saturated carbocycles. The smallest absolute Gasteiger partial charge is 0.255 e. The molecule has 7 nitrogen and oxygen atoms in total. The molecular formula is C11H13N5O2. The van der Waals surface area contributed by atoms with Crippen molar-refractivity contribution < 1.29 is 9.90 Å². The number of nitrogen functional groups attached to an aromatic ring is 1. The maximum atomic E-state index is 11.9. The van der Waals surface area contributed by atoms with Gasteiger partial charge in [-0.2, -0.15) is 5.10 Å². The third-order valence-corrected chi connectivity index (χ3v) is 2.50. The van der Waals surface area contributed by atoms with Crippen LogP contribution in [0.1, 0.15) is 29.1 Å². The number of rotatable bonds is 3. The molecule has 1 heterocycles. The molecule has 0 bridgehead atoms. The highest BCUT2D eigenvalue weighted by molar-refractivity contribution is 5.98. The molecule has 5 N–H and O–H groups in total. The molecule has 0 spiro atoms. The highest BCUT2D eigenvalue weighted by Gasteiger charge is 2.17. The molecule has 1 aromatic heterocycles. The topological polar surface area (TPSA) is 117 Å². The number of phenolic OH excluding ortho intramolecular Hbond substituents is 1. The molecule has 1 amide bonds. The van der Waals surface area contributed by atoms with Crippen molar-refractivity contribution in [3.63, 3.8) is 0 Å². The maximum Gasteiger partial charge on any atom is 0.255 e. The molecule has 1 unspecified atom stereocenters. The molecule has 7 heteroatoms. The number of hydrogen-bond donors (Lipinski definition) is 4. The van der Waals surface area contributed by atoms with Crippen molar-refractivity contribution in [3.8, 4) is 5.75 Å². The predicted octanol–water partition coefficient (Wildman–Crippen LogP) is 0.584. The number of para-hydroxylation sites is 1. The van der Waals surface area contributed by atoms with Crippen LogP contribution in [0.3, 0.4) is 0 Å². The summed E-state index contributed by atoms with van der Waals surface area (Å²) in [6.45, 7) is 1.75. The van der Waals surface area contributed by atoms with E-state index in [1.165, 1.54) is 18.5 Å². The van der Waals surface area contributed by atoms with E-state index in [-0.39, 0.29) is 23.0 Å². The largest absolute Gasteiger partial charge is 0.505 e. The number of hydrogen-bond acceptors (Lipinski definition) is 5. The van der Waals surface area contributed by atoms with E-state index in [1.807, 2.05) is 0 Å². The Labute approximate surface area is 103 Å². The van der Waals surface area contributed by atoms with Gasteiger partial charge in [-0.1, -0.05) is 6.07 Å². The van der Waals surface area contributed by atoms with Gasteiger partial charge in [0.05, 0.1) is 17.3 Å². The number of nitrogens with one attached hydrogen (secondary N) is 2. The number of amides is 1. The number of nitrogens with zero attached hydrogens (tertiary/aromatic N) is 2. The fourth-order valence-corrected chi connectivity index (χ4v) is 1.51. The number of benzene rings is 1. The Morgan fingerprint density at radius 2 is 2.33 bits per heavy atom. The Hall–Kier alpha value is -2.57. The van der Waals surface area contributed by atoms with E-state index in [2.05, 4.69) is 20.5 Å². The molecule has 0 aliphatic heterocycles. The van der Waals surface area contributed by atoms with E-state index in [9.17, 15) is 9.90 Å². The lowest BCUT2D eigenvalue weighted by molar-refractivity contribution is 0.0935. The molecule has 0 fully saturated rings. The van der Waals surface area contributed by atoms with Crippen molar-refractivity contribution in [3.05, 3.63) is 35.9 Å². The van der Waals surface area contributed by atoms with Gasteiger partial charge >= 0.3 is 0 Å². The Morgan fingerprint density at radius 1 is 1.56 bits per heavy atom. The van der Waals surface area contributed by atoms with Crippen LogP contribution < -0.4 is 11.1 Å². The molecule has 2 aromatic rings. The fraction of sp³-hybridized carbons (Fsp3) is 0.182. The summed E-state index contributed by atoms with van der Waals surface area (Å²) >= 11 is 0. The van der Waals surface area contributed by atoms with Gasteiger partial charge in [-0.25, -0.2) is 4.98 Å². The number of nitrogens with two attached hydrogens (primary N) is 1. The molecule has 94 valence electrons. The quantitative estimate of drug-likeness (QED) is 0.467. The fourth-order valence-electron chi connectivity index (χ4n) is 1.51. The van der Waals surface area contributed by atoms with Crippen molar-refractivity contribution in [2.24, 2.45) is 0 Å². The molecule has 18 heavy (non-hydrogen) atoms. The minimum absolute atomic E-state index is 0.126. The summed E-state index contributed by atoms with van der Waals surface area (Å²) in [4.78, 5) is 15.9. The minimum atomic E-state index is -0.427. The molecule has 1 aromatic carbocycles. The minimum Gasteiger partial charge on any atom is -0.505 e. The lowest BCUT2D eigenvalue weighted by Gasteiger charge is -2.12. The molecule has 0 aliphatic rings. The summed E-state index contributed by atoms with van der Waals surface area (Å²) < 4.78 is 0. The van der Waals surface area contributed by atoms with E-state index in [1.54, 1.807) is 13.0 Å². The van der Waals surface area contributed by atoms with E-state index in [4.69, 9.17) is 5.73 Å². The summed E-state index contributed by atoms with van der Waals surface area (Å²) in [6, 6.07) is 4.27. The second-order valence-corrected chi connectivity index (χ2v) is 3.81. The summed E-state index contributed by atoms with van der Waals surface area (Å²) in [5, 5.41) is 18.7. The summed E-state index contributed by atoms with van der Waals surface area (Å²) in [5.74, 6) is -0.116. The van der Waals surface area contributed by atoms with Gasteiger partial charge in [0.2, 0.25) is 0 Å². The first-order valence-electron chi connectivity index (χ1n) is 5.33. The van der Waals surface area contributed by atoms with Gasteiger partial charge in [-0.05, 0) is 19.1 Å². The van der Waals surface area contributed by atoms with Gasteiger partial charge in [0.15, 0.2) is 5.75 Å². The first-order chi connectivity index (χ1) is 8.59.